The van der Waals surface area contributed by atoms with E-state index < -0.39 is 22.1 Å². The Kier molecular flexibility index (Phi) is 28.0. The van der Waals surface area contributed by atoms with Gasteiger partial charge in [-0.15, -0.1) is 12.4 Å². The highest BCUT2D eigenvalue weighted by atomic mass is 35.5. The van der Waals surface area contributed by atoms with Gasteiger partial charge in [-0.1, -0.05) is 14.9 Å². The van der Waals surface area contributed by atoms with Gasteiger partial charge in [0, 0.05) is 6.42 Å². The minimum Gasteiger partial charge on any atom is -0.480 e. The predicted molar refractivity (Wildman–Crippen MR) is 105 cm³/mol. The molecule has 1 aliphatic rings. The molecular formula is C13H33ClN2O7S2. The lowest BCUT2D eigenvalue weighted by Gasteiger charge is -2.02. The lowest BCUT2D eigenvalue weighted by Crippen LogP contribution is -2.30. The number of carboxylic acids is 1. The summed E-state index contributed by atoms with van der Waals surface area (Å²) in [7, 11) is -3.66. The average molecular weight is 429 g/mol. The van der Waals surface area contributed by atoms with Crippen LogP contribution in [0.1, 0.15) is 34.6 Å². The summed E-state index contributed by atoms with van der Waals surface area (Å²) in [5.74, 6) is -0.565. The SMILES string of the molecule is C.C.CCS(=O)(=O)O.CSCCC(N)C(=O)O.Cl.NC1CCOC1=O. The van der Waals surface area contributed by atoms with Gasteiger partial charge >= 0.3 is 11.9 Å². The van der Waals surface area contributed by atoms with Gasteiger partial charge in [-0.05, 0) is 25.4 Å². The third-order valence-corrected chi connectivity index (χ3v) is 3.66. The Balaban J connectivity index is -0.0000000768. The van der Waals surface area contributed by atoms with Crippen molar-refractivity contribution >= 4 is 46.2 Å². The van der Waals surface area contributed by atoms with E-state index in [9.17, 15) is 18.0 Å². The molecule has 9 nitrogen and oxygen atoms in total. The fourth-order valence-corrected chi connectivity index (χ4v) is 1.37. The van der Waals surface area contributed by atoms with Gasteiger partial charge in [0.15, 0.2) is 0 Å². The number of ether oxygens (including phenoxy) is 1. The molecule has 2 unspecified atom stereocenters. The molecule has 12 heteroatoms. The lowest BCUT2D eigenvalue weighted by molar-refractivity contribution is -0.139. The molecule has 0 spiro atoms. The van der Waals surface area contributed by atoms with Gasteiger partial charge in [-0.3, -0.25) is 14.1 Å². The fourth-order valence-electron chi connectivity index (χ4n) is 0.880. The zero-order valence-electron chi connectivity index (χ0n) is 13.0. The van der Waals surface area contributed by atoms with Crippen molar-refractivity contribution < 1.29 is 32.4 Å². The largest absolute Gasteiger partial charge is 0.480 e. The Morgan fingerprint density at radius 2 is 1.88 bits per heavy atom. The summed E-state index contributed by atoms with van der Waals surface area (Å²) in [5.41, 5.74) is 10.4. The number of cyclic esters (lactones) is 1. The van der Waals surface area contributed by atoms with E-state index in [1.807, 2.05) is 6.26 Å². The standard InChI is InChI=1S/C5H11NO2S.C4H7NO2.C2H6O3S.2CH4.ClH/c1-9-3-2-4(6)5(7)8;5-3-1-2-7-4(3)6;1-2-6(3,4)5;;;/h4H,2-3,6H2,1H3,(H,7,8);3H,1-2,5H2;2H2,1H3,(H,3,4,5);2*1H4;1H. The molecule has 1 fully saturated rings. The molecule has 0 aliphatic carbocycles. The zero-order valence-corrected chi connectivity index (χ0v) is 15.5. The molecule has 1 heterocycles. The molecular weight excluding hydrogens is 396 g/mol. The first-order valence-corrected chi connectivity index (χ1v) is 9.40. The maximum absolute atomic E-state index is 10.2. The van der Waals surface area contributed by atoms with E-state index >= 15 is 0 Å². The molecule has 6 N–H and O–H groups in total. The Bertz CT molecular complexity index is 436. The van der Waals surface area contributed by atoms with Crippen molar-refractivity contribution in [3.8, 4) is 0 Å². The van der Waals surface area contributed by atoms with Gasteiger partial charge in [0.2, 0.25) is 0 Å². The average Bonchev–Trinajstić information content (AvgIpc) is 2.80. The van der Waals surface area contributed by atoms with E-state index in [-0.39, 0.29) is 45.0 Å². The lowest BCUT2D eigenvalue weighted by atomic mass is 10.2. The van der Waals surface area contributed by atoms with E-state index in [0.717, 1.165) is 5.75 Å². The molecule has 0 aromatic carbocycles. The molecule has 0 bridgehead atoms. The third-order valence-electron chi connectivity index (χ3n) is 2.29. The van der Waals surface area contributed by atoms with Crippen LogP contribution in [-0.2, 0) is 24.4 Å². The first-order chi connectivity index (χ1) is 10.0. The Morgan fingerprint density at radius 1 is 1.44 bits per heavy atom. The number of carbonyl (C=O) groups is 2. The monoisotopic (exact) mass is 428 g/mol. The van der Waals surface area contributed by atoms with Crippen LogP contribution in [0.3, 0.4) is 0 Å². The maximum atomic E-state index is 10.2. The van der Waals surface area contributed by atoms with Crippen molar-refractivity contribution in [3.63, 3.8) is 0 Å². The highest BCUT2D eigenvalue weighted by molar-refractivity contribution is 7.98. The van der Waals surface area contributed by atoms with Crippen molar-refractivity contribution in [2.24, 2.45) is 11.5 Å². The molecule has 0 aromatic rings. The number of carboxylic acid groups (broad SMARTS) is 1. The molecule has 2 atom stereocenters. The van der Waals surface area contributed by atoms with Crippen molar-refractivity contribution in [2.45, 2.75) is 46.7 Å². The molecule has 0 radical (unpaired) electrons. The molecule has 25 heavy (non-hydrogen) atoms. The van der Waals surface area contributed by atoms with E-state index in [1.165, 1.54) is 6.92 Å². The van der Waals surface area contributed by atoms with Crippen LogP contribution in [0.5, 0.6) is 0 Å². The predicted octanol–water partition coefficient (Wildman–Crippen LogP) is 1.00. The van der Waals surface area contributed by atoms with Crippen LogP contribution in [0.4, 0.5) is 0 Å². The van der Waals surface area contributed by atoms with E-state index in [1.54, 1.807) is 11.8 Å². The summed E-state index contributed by atoms with van der Waals surface area (Å²) in [6.45, 7) is 1.87. The van der Waals surface area contributed by atoms with Crippen LogP contribution in [0.25, 0.3) is 0 Å². The first-order valence-electron chi connectivity index (χ1n) is 6.39. The minimum absolute atomic E-state index is 0. The topological polar surface area (TPSA) is 170 Å². The summed E-state index contributed by atoms with van der Waals surface area (Å²) < 4.78 is 31.4. The van der Waals surface area contributed by atoms with Crippen molar-refractivity contribution in [1.82, 2.24) is 0 Å². The smallest absolute Gasteiger partial charge is 0.323 e. The number of thioether (sulfide) groups is 1. The van der Waals surface area contributed by atoms with Gasteiger partial charge < -0.3 is 21.3 Å². The highest BCUT2D eigenvalue weighted by Gasteiger charge is 2.21. The number of hydrogen-bond donors (Lipinski definition) is 4. The number of nitrogens with two attached hydrogens (primary N) is 2. The quantitative estimate of drug-likeness (QED) is 0.365. The molecule has 1 aliphatic heterocycles. The van der Waals surface area contributed by atoms with Crippen LogP contribution in [0.2, 0.25) is 0 Å². The maximum Gasteiger partial charge on any atom is 0.323 e. The number of hydrogen-bond acceptors (Lipinski definition) is 8. The summed E-state index contributed by atoms with van der Waals surface area (Å²) in [4.78, 5) is 20.3. The zero-order chi connectivity index (χ0) is 17.8. The van der Waals surface area contributed by atoms with Crippen LogP contribution in [0.15, 0.2) is 0 Å². The number of esters is 1. The summed E-state index contributed by atoms with van der Waals surface area (Å²) >= 11 is 1.60. The summed E-state index contributed by atoms with van der Waals surface area (Å²) in [6.07, 6.45) is 3.16. The van der Waals surface area contributed by atoms with E-state index in [0.29, 0.717) is 19.4 Å². The molecule has 1 saturated heterocycles. The summed E-state index contributed by atoms with van der Waals surface area (Å²) in [5, 5.41) is 8.27. The van der Waals surface area contributed by atoms with Gasteiger partial charge in [0.05, 0.1) is 12.4 Å². The molecule has 0 amide bonds. The number of aliphatic carboxylic acids is 1. The Labute approximate surface area is 161 Å². The summed E-state index contributed by atoms with van der Waals surface area (Å²) in [6, 6.07) is -1.03. The Morgan fingerprint density at radius 3 is 2.04 bits per heavy atom. The van der Waals surface area contributed by atoms with Crippen molar-refractivity contribution in [1.29, 1.82) is 0 Å². The number of rotatable bonds is 5. The van der Waals surface area contributed by atoms with Gasteiger partial charge in [-0.25, -0.2) is 0 Å². The van der Waals surface area contributed by atoms with Gasteiger partial charge in [0.1, 0.15) is 12.1 Å². The molecule has 0 aromatic heterocycles. The van der Waals surface area contributed by atoms with Crippen molar-refractivity contribution in [3.05, 3.63) is 0 Å². The number of carbonyl (C=O) groups excluding carboxylic acids is 1. The van der Waals surface area contributed by atoms with Crippen LogP contribution < -0.4 is 11.5 Å². The molecule has 156 valence electrons. The van der Waals surface area contributed by atoms with Crippen LogP contribution in [0, 0.1) is 0 Å². The fraction of sp³-hybridized carbons (Fsp3) is 0.846. The van der Waals surface area contributed by atoms with Crippen molar-refractivity contribution in [2.75, 3.05) is 24.4 Å². The first kappa shape index (κ1) is 35.5. The second kappa shape index (κ2) is 19.7. The normalized spacial score (nSPS) is 16.0. The van der Waals surface area contributed by atoms with Gasteiger partial charge in [0.25, 0.3) is 10.1 Å². The van der Waals surface area contributed by atoms with Crippen LogP contribution in [-0.4, -0.2) is 66.5 Å². The van der Waals surface area contributed by atoms with Crippen LogP contribution >= 0.6 is 24.2 Å². The molecule has 1 rings (SSSR count). The number of halogens is 1. The Hall–Kier alpha value is -0.590. The van der Waals surface area contributed by atoms with Gasteiger partial charge in [-0.2, -0.15) is 20.2 Å². The second-order valence-corrected chi connectivity index (χ2v) is 6.89. The van der Waals surface area contributed by atoms with E-state index in [4.69, 9.17) is 21.1 Å². The van der Waals surface area contributed by atoms with E-state index in [2.05, 4.69) is 4.74 Å². The third kappa shape index (κ3) is 25.8. The minimum atomic E-state index is -3.66. The second-order valence-electron chi connectivity index (χ2n) is 4.16. The molecule has 0 saturated carbocycles. The highest BCUT2D eigenvalue weighted by Crippen LogP contribution is 2.01.